The molecule has 1 amide bonds. The van der Waals surface area contributed by atoms with Crippen LogP contribution in [0.2, 0.25) is 0 Å². The molecule has 1 aromatic carbocycles. The lowest BCUT2D eigenvalue weighted by Crippen LogP contribution is -2.52. The van der Waals surface area contributed by atoms with Gasteiger partial charge in [0, 0.05) is 31.7 Å². The molecule has 1 heterocycles. The van der Waals surface area contributed by atoms with E-state index in [1.165, 1.54) is 0 Å². The van der Waals surface area contributed by atoms with Crippen molar-refractivity contribution in [3.63, 3.8) is 0 Å². The number of piperazine rings is 1. The van der Waals surface area contributed by atoms with Crippen molar-refractivity contribution in [2.24, 2.45) is 0 Å². The quantitative estimate of drug-likeness (QED) is 0.756. The third kappa shape index (κ3) is 2.81. The number of carbonyl (C=O) groups is 1. The molecule has 0 aromatic heterocycles. The van der Waals surface area contributed by atoms with Gasteiger partial charge in [0.2, 0.25) is 0 Å². The first-order valence-corrected chi connectivity index (χ1v) is 5.44. The van der Waals surface area contributed by atoms with Crippen molar-refractivity contribution >= 4 is 5.91 Å². The summed E-state index contributed by atoms with van der Waals surface area (Å²) in [7, 11) is 0. The van der Waals surface area contributed by atoms with E-state index in [0.29, 0.717) is 5.56 Å². The number of rotatable bonds is 2. The van der Waals surface area contributed by atoms with Crippen LogP contribution in [0, 0.1) is 6.92 Å². The maximum Gasteiger partial charge on any atom is 0.265 e. The van der Waals surface area contributed by atoms with Gasteiger partial charge in [-0.05, 0) is 24.6 Å². The summed E-state index contributed by atoms with van der Waals surface area (Å²) < 4.78 is 0. The van der Waals surface area contributed by atoms with Crippen LogP contribution in [0.25, 0.3) is 0 Å². The fraction of sp³-hybridized carbons (Fsp3) is 0.333. The lowest BCUT2D eigenvalue weighted by Gasteiger charge is -2.27. The predicted octanol–water partition coefficient (Wildman–Crippen LogP) is 0.419. The summed E-state index contributed by atoms with van der Waals surface area (Å²) in [4.78, 5) is 11.8. The molecule has 0 saturated carbocycles. The number of nitrogens with one attached hydrogen (secondary N) is 2. The van der Waals surface area contributed by atoms with Gasteiger partial charge in [0.05, 0.1) is 0 Å². The second kappa shape index (κ2) is 5.09. The van der Waals surface area contributed by atoms with E-state index >= 15 is 0 Å². The Hall–Kier alpha value is -1.39. The van der Waals surface area contributed by atoms with Crippen molar-refractivity contribution in [2.75, 3.05) is 26.2 Å². The molecule has 4 heteroatoms. The van der Waals surface area contributed by atoms with Gasteiger partial charge in [0.25, 0.3) is 5.91 Å². The number of carbonyl (C=O) groups excluding carboxylic acids is 1. The van der Waals surface area contributed by atoms with E-state index in [1.807, 2.05) is 17.1 Å². The summed E-state index contributed by atoms with van der Waals surface area (Å²) in [6.45, 7) is 7.31. The molecule has 16 heavy (non-hydrogen) atoms. The molecule has 0 spiro atoms. The highest BCUT2D eigenvalue weighted by Gasteiger charge is 2.13. The van der Waals surface area contributed by atoms with Gasteiger partial charge in [0.1, 0.15) is 0 Å². The highest BCUT2D eigenvalue weighted by molar-refractivity contribution is 5.93. The van der Waals surface area contributed by atoms with Crippen molar-refractivity contribution in [3.05, 3.63) is 42.3 Å². The average molecular weight is 218 g/mol. The lowest BCUT2D eigenvalue weighted by molar-refractivity contribution is 0.0765. The van der Waals surface area contributed by atoms with E-state index in [9.17, 15) is 4.79 Å². The summed E-state index contributed by atoms with van der Waals surface area (Å²) >= 11 is 0. The maximum atomic E-state index is 11.8. The standard InChI is InChI=1S/C12H16N3O/c1-10-2-4-11(5-3-10)12(16)14-15-8-6-13-7-9-15/h2-5,13H,1,6-9H2,(H,14,16). The first-order chi connectivity index (χ1) is 7.75. The predicted molar refractivity (Wildman–Crippen MR) is 62.8 cm³/mol. The van der Waals surface area contributed by atoms with E-state index in [1.54, 1.807) is 12.1 Å². The van der Waals surface area contributed by atoms with Crippen molar-refractivity contribution < 1.29 is 4.79 Å². The zero-order valence-electron chi connectivity index (χ0n) is 9.20. The van der Waals surface area contributed by atoms with Crippen molar-refractivity contribution in [2.45, 2.75) is 0 Å². The van der Waals surface area contributed by atoms with Gasteiger partial charge in [-0.2, -0.15) is 0 Å². The largest absolute Gasteiger partial charge is 0.314 e. The van der Waals surface area contributed by atoms with Crippen LogP contribution in [0.15, 0.2) is 24.3 Å². The number of amides is 1. The fourth-order valence-corrected chi connectivity index (χ4v) is 1.64. The molecular weight excluding hydrogens is 202 g/mol. The van der Waals surface area contributed by atoms with E-state index in [-0.39, 0.29) is 5.91 Å². The second-order valence-corrected chi connectivity index (χ2v) is 3.87. The summed E-state index contributed by atoms with van der Waals surface area (Å²) in [6.07, 6.45) is 0. The maximum absolute atomic E-state index is 11.8. The van der Waals surface area contributed by atoms with Crippen LogP contribution in [-0.4, -0.2) is 37.1 Å². The molecule has 1 aliphatic rings. The third-order valence-corrected chi connectivity index (χ3v) is 2.59. The Labute approximate surface area is 95.6 Å². The molecule has 0 bridgehead atoms. The zero-order valence-corrected chi connectivity index (χ0v) is 9.20. The van der Waals surface area contributed by atoms with Gasteiger partial charge in [-0.3, -0.25) is 10.2 Å². The molecule has 85 valence electrons. The minimum absolute atomic E-state index is 0.0538. The summed E-state index contributed by atoms with van der Waals surface area (Å²) in [5, 5.41) is 5.18. The van der Waals surface area contributed by atoms with Crippen molar-refractivity contribution in [1.29, 1.82) is 0 Å². The topological polar surface area (TPSA) is 44.4 Å². The Kier molecular flexibility index (Phi) is 3.54. The van der Waals surface area contributed by atoms with E-state index in [0.717, 1.165) is 31.7 Å². The summed E-state index contributed by atoms with van der Waals surface area (Å²) in [6, 6.07) is 7.26. The number of hydrogen-bond donors (Lipinski definition) is 2. The molecule has 2 N–H and O–H groups in total. The molecule has 0 unspecified atom stereocenters. The Morgan fingerprint density at radius 2 is 1.88 bits per heavy atom. The van der Waals surface area contributed by atoms with Gasteiger partial charge < -0.3 is 5.32 Å². The third-order valence-electron chi connectivity index (χ3n) is 2.59. The molecule has 4 nitrogen and oxygen atoms in total. The number of hydrogen-bond acceptors (Lipinski definition) is 3. The van der Waals surface area contributed by atoms with Gasteiger partial charge in [0.15, 0.2) is 0 Å². The molecule has 2 rings (SSSR count). The number of hydrazine groups is 1. The number of nitrogens with zero attached hydrogens (tertiary/aromatic N) is 1. The molecule has 1 aromatic rings. The normalized spacial score (nSPS) is 17.1. The van der Waals surface area contributed by atoms with Crippen LogP contribution in [0.1, 0.15) is 15.9 Å². The summed E-state index contributed by atoms with van der Waals surface area (Å²) in [5.74, 6) is -0.0538. The van der Waals surface area contributed by atoms with E-state index in [2.05, 4.69) is 17.7 Å². The Morgan fingerprint density at radius 1 is 1.25 bits per heavy atom. The molecule has 0 atom stereocenters. The smallest absolute Gasteiger partial charge is 0.265 e. The minimum atomic E-state index is -0.0538. The SMILES string of the molecule is [CH2]c1ccc(C(=O)NN2CCNCC2)cc1. The van der Waals surface area contributed by atoms with Crippen molar-refractivity contribution in [1.82, 2.24) is 15.8 Å². The van der Waals surface area contributed by atoms with Gasteiger partial charge in [-0.15, -0.1) is 0 Å². The van der Waals surface area contributed by atoms with Crippen LogP contribution in [0.3, 0.4) is 0 Å². The highest BCUT2D eigenvalue weighted by atomic mass is 16.2. The Morgan fingerprint density at radius 3 is 2.50 bits per heavy atom. The van der Waals surface area contributed by atoms with Crippen LogP contribution in [-0.2, 0) is 0 Å². The summed E-state index contributed by atoms with van der Waals surface area (Å²) in [5.41, 5.74) is 4.48. The van der Waals surface area contributed by atoms with Crippen LogP contribution < -0.4 is 10.7 Å². The van der Waals surface area contributed by atoms with E-state index < -0.39 is 0 Å². The van der Waals surface area contributed by atoms with Crippen LogP contribution in [0.4, 0.5) is 0 Å². The second-order valence-electron chi connectivity index (χ2n) is 3.87. The lowest BCUT2D eigenvalue weighted by atomic mass is 10.1. The van der Waals surface area contributed by atoms with Crippen LogP contribution >= 0.6 is 0 Å². The van der Waals surface area contributed by atoms with Gasteiger partial charge in [-0.1, -0.05) is 12.1 Å². The average Bonchev–Trinajstić information content (AvgIpc) is 2.31. The highest BCUT2D eigenvalue weighted by Crippen LogP contribution is 2.03. The van der Waals surface area contributed by atoms with Crippen LogP contribution in [0.5, 0.6) is 0 Å². The molecule has 1 fully saturated rings. The molecular formula is C12H16N3O. The molecule has 1 saturated heterocycles. The van der Waals surface area contributed by atoms with Crippen molar-refractivity contribution in [3.8, 4) is 0 Å². The Balaban J connectivity index is 1.94. The molecule has 1 aliphatic heterocycles. The van der Waals surface area contributed by atoms with Gasteiger partial charge in [-0.25, -0.2) is 5.01 Å². The van der Waals surface area contributed by atoms with E-state index in [4.69, 9.17) is 0 Å². The minimum Gasteiger partial charge on any atom is -0.314 e. The first kappa shape index (κ1) is 11.1. The fourth-order valence-electron chi connectivity index (χ4n) is 1.64. The monoisotopic (exact) mass is 218 g/mol. The zero-order chi connectivity index (χ0) is 11.4. The molecule has 1 radical (unpaired) electrons. The Bertz CT molecular complexity index is 355. The molecule has 0 aliphatic carbocycles. The number of benzene rings is 1. The first-order valence-electron chi connectivity index (χ1n) is 5.44. The van der Waals surface area contributed by atoms with Gasteiger partial charge >= 0.3 is 0 Å².